The lowest BCUT2D eigenvalue weighted by Crippen LogP contribution is -2.01. The van der Waals surface area contributed by atoms with E-state index in [0.29, 0.717) is 11.5 Å². The molecular weight excluding hydrogens is 264 g/mol. The van der Waals surface area contributed by atoms with Gasteiger partial charge < -0.3 is 10.1 Å². The summed E-state index contributed by atoms with van der Waals surface area (Å²) in [6.07, 6.45) is 2.95. The Bertz CT molecular complexity index is 522. The van der Waals surface area contributed by atoms with E-state index in [4.69, 9.17) is 11.6 Å². The van der Waals surface area contributed by atoms with E-state index in [-0.39, 0.29) is 10.9 Å². The highest BCUT2D eigenvalue weighted by atomic mass is 35.5. The van der Waals surface area contributed by atoms with Crippen LogP contribution in [0.15, 0.2) is 36.7 Å². The molecule has 0 spiro atoms. The minimum Gasteiger partial charge on any atom is -0.435 e. The molecule has 4 nitrogen and oxygen atoms in total. The number of halogens is 3. The SMILES string of the molecule is FC(F)Oc1ccc(Nc2nccnc2Cl)cc1. The molecular formula is C11H8ClF2N3O. The highest BCUT2D eigenvalue weighted by molar-refractivity contribution is 6.31. The van der Waals surface area contributed by atoms with Crippen LogP contribution in [0.5, 0.6) is 5.75 Å². The van der Waals surface area contributed by atoms with E-state index in [2.05, 4.69) is 20.0 Å². The summed E-state index contributed by atoms with van der Waals surface area (Å²) in [7, 11) is 0. The highest BCUT2D eigenvalue weighted by Crippen LogP contribution is 2.23. The molecule has 0 aliphatic rings. The van der Waals surface area contributed by atoms with Gasteiger partial charge in [-0.25, -0.2) is 9.97 Å². The molecule has 94 valence electrons. The second-order valence-corrected chi connectivity index (χ2v) is 3.58. The third-order valence-electron chi connectivity index (χ3n) is 2.00. The third-order valence-corrected chi connectivity index (χ3v) is 2.27. The quantitative estimate of drug-likeness (QED) is 0.925. The van der Waals surface area contributed by atoms with Crippen LogP contribution in [-0.4, -0.2) is 16.6 Å². The number of hydrogen-bond donors (Lipinski definition) is 1. The first kappa shape index (κ1) is 12.5. The molecule has 1 heterocycles. The average molecular weight is 272 g/mol. The first-order chi connectivity index (χ1) is 8.65. The van der Waals surface area contributed by atoms with Crippen LogP contribution in [0.4, 0.5) is 20.3 Å². The minimum atomic E-state index is -2.83. The van der Waals surface area contributed by atoms with Gasteiger partial charge in [0.1, 0.15) is 5.75 Å². The van der Waals surface area contributed by atoms with E-state index in [1.165, 1.54) is 24.5 Å². The molecule has 0 radical (unpaired) electrons. The summed E-state index contributed by atoms with van der Waals surface area (Å²) >= 11 is 5.81. The number of ether oxygens (including phenoxy) is 1. The maximum Gasteiger partial charge on any atom is 0.387 e. The lowest BCUT2D eigenvalue weighted by molar-refractivity contribution is -0.0498. The summed E-state index contributed by atoms with van der Waals surface area (Å²) in [5.41, 5.74) is 0.638. The molecule has 7 heteroatoms. The van der Waals surface area contributed by atoms with Crippen LogP contribution < -0.4 is 10.1 Å². The molecule has 18 heavy (non-hydrogen) atoms. The summed E-state index contributed by atoms with van der Waals surface area (Å²) < 4.78 is 28.1. The third kappa shape index (κ3) is 3.27. The molecule has 0 saturated heterocycles. The van der Waals surface area contributed by atoms with E-state index < -0.39 is 6.61 Å². The Morgan fingerprint density at radius 2 is 1.78 bits per heavy atom. The largest absolute Gasteiger partial charge is 0.435 e. The van der Waals surface area contributed by atoms with Gasteiger partial charge in [-0.05, 0) is 24.3 Å². The fraction of sp³-hybridized carbons (Fsp3) is 0.0909. The van der Waals surface area contributed by atoms with Crippen molar-refractivity contribution in [1.29, 1.82) is 0 Å². The van der Waals surface area contributed by atoms with E-state index in [1.807, 2.05) is 0 Å². The fourth-order valence-corrected chi connectivity index (χ4v) is 1.41. The number of alkyl halides is 2. The lowest BCUT2D eigenvalue weighted by Gasteiger charge is -2.08. The Hall–Kier alpha value is -1.95. The number of rotatable bonds is 4. The van der Waals surface area contributed by atoms with E-state index >= 15 is 0 Å². The first-order valence-corrected chi connectivity index (χ1v) is 5.31. The summed E-state index contributed by atoms with van der Waals surface area (Å²) in [5, 5.41) is 3.13. The topological polar surface area (TPSA) is 47.0 Å². The van der Waals surface area contributed by atoms with E-state index in [0.717, 1.165) is 0 Å². The van der Waals surface area contributed by atoms with Gasteiger partial charge in [-0.3, -0.25) is 0 Å². The van der Waals surface area contributed by atoms with Crippen molar-refractivity contribution in [2.75, 3.05) is 5.32 Å². The zero-order valence-corrected chi connectivity index (χ0v) is 9.73. The molecule has 0 fully saturated rings. The Kier molecular flexibility index (Phi) is 3.88. The molecule has 1 aromatic heterocycles. The maximum atomic E-state index is 11.9. The van der Waals surface area contributed by atoms with Crippen LogP contribution in [0, 0.1) is 0 Å². The predicted molar refractivity (Wildman–Crippen MR) is 63.4 cm³/mol. The van der Waals surface area contributed by atoms with Crippen molar-refractivity contribution in [3.8, 4) is 5.75 Å². The predicted octanol–water partition coefficient (Wildman–Crippen LogP) is 3.48. The zero-order valence-electron chi connectivity index (χ0n) is 8.98. The zero-order chi connectivity index (χ0) is 13.0. The Balaban J connectivity index is 2.09. The van der Waals surface area contributed by atoms with Crippen LogP contribution in [0.25, 0.3) is 0 Å². The molecule has 2 rings (SSSR count). The van der Waals surface area contributed by atoms with Crippen LogP contribution in [-0.2, 0) is 0 Å². The molecule has 0 aliphatic heterocycles. The van der Waals surface area contributed by atoms with Crippen LogP contribution in [0.3, 0.4) is 0 Å². The average Bonchev–Trinajstić information content (AvgIpc) is 2.34. The van der Waals surface area contributed by atoms with Crippen LogP contribution >= 0.6 is 11.6 Å². The molecule has 0 atom stereocenters. The lowest BCUT2D eigenvalue weighted by atomic mass is 10.3. The molecule has 0 aliphatic carbocycles. The Morgan fingerprint density at radius 3 is 2.39 bits per heavy atom. The summed E-state index contributed by atoms with van der Waals surface area (Å²) in [5.74, 6) is 0.475. The monoisotopic (exact) mass is 271 g/mol. The Labute approximate surface area is 107 Å². The molecule has 1 N–H and O–H groups in total. The van der Waals surface area contributed by atoms with Crippen molar-refractivity contribution >= 4 is 23.1 Å². The van der Waals surface area contributed by atoms with Crippen molar-refractivity contribution < 1.29 is 13.5 Å². The van der Waals surface area contributed by atoms with Crippen molar-refractivity contribution in [3.05, 3.63) is 41.8 Å². The van der Waals surface area contributed by atoms with Gasteiger partial charge in [-0.2, -0.15) is 8.78 Å². The van der Waals surface area contributed by atoms with Crippen molar-refractivity contribution in [2.45, 2.75) is 6.61 Å². The first-order valence-electron chi connectivity index (χ1n) is 4.93. The van der Waals surface area contributed by atoms with Gasteiger partial charge in [-0.15, -0.1) is 0 Å². The Morgan fingerprint density at radius 1 is 1.11 bits per heavy atom. The number of nitrogens with zero attached hydrogens (tertiary/aromatic N) is 2. The van der Waals surface area contributed by atoms with Crippen molar-refractivity contribution in [1.82, 2.24) is 9.97 Å². The van der Waals surface area contributed by atoms with Gasteiger partial charge in [0.05, 0.1) is 0 Å². The molecule has 2 aromatic rings. The number of nitrogens with one attached hydrogen (secondary N) is 1. The normalized spacial score (nSPS) is 10.4. The summed E-state index contributed by atoms with van der Waals surface area (Å²) in [4.78, 5) is 7.84. The second-order valence-electron chi connectivity index (χ2n) is 3.22. The minimum absolute atomic E-state index is 0.0841. The summed E-state index contributed by atoms with van der Waals surface area (Å²) in [6, 6.07) is 5.98. The number of aromatic nitrogens is 2. The fourth-order valence-electron chi connectivity index (χ4n) is 1.26. The second kappa shape index (κ2) is 5.59. The van der Waals surface area contributed by atoms with Crippen LogP contribution in [0.2, 0.25) is 5.15 Å². The van der Waals surface area contributed by atoms with E-state index in [1.54, 1.807) is 12.1 Å². The number of benzene rings is 1. The van der Waals surface area contributed by atoms with Gasteiger partial charge in [0, 0.05) is 18.1 Å². The van der Waals surface area contributed by atoms with Gasteiger partial charge in [-0.1, -0.05) is 11.6 Å². The van der Waals surface area contributed by atoms with E-state index in [9.17, 15) is 8.78 Å². The smallest absolute Gasteiger partial charge is 0.387 e. The number of hydrogen-bond acceptors (Lipinski definition) is 4. The van der Waals surface area contributed by atoms with Crippen molar-refractivity contribution in [2.24, 2.45) is 0 Å². The van der Waals surface area contributed by atoms with Gasteiger partial charge in [0.15, 0.2) is 11.0 Å². The summed E-state index contributed by atoms with van der Waals surface area (Å²) in [6.45, 7) is -2.83. The van der Waals surface area contributed by atoms with Crippen LogP contribution in [0.1, 0.15) is 0 Å². The van der Waals surface area contributed by atoms with Gasteiger partial charge in [0.2, 0.25) is 0 Å². The van der Waals surface area contributed by atoms with Crippen molar-refractivity contribution in [3.63, 3.8) is 0 Å². The molecule has 0 saturated carbocycles. The maximum absolute atomic E-state index is 11.9. The molecule has 0 unspecified atom stereocenters. The molecule has 0 bridgehead atoms. The number of anilines is 2. The standard InChI is InChI=1S/C11H8ClF2N3O/c12-9-10(16-6-5-15-9)17-7-1-3-8(4-2-7)18-11(13)14/h1-6,11H,(H,16,17). The highest BCUT2D eigenvalue weighted by Gasteiger charge is 2.05. The molecule has 1 aromatic carbocycles. The van der Waals surface area contributed by atoms with Gasteiger partial charge in [0.25, 0.3) is 0 Å². The molecule has 0 amide bonds. The van der Waals surface area contributed by atoms with Gasteiger partial charge >= 0.3 is 6.61 Å².